The number of nitrogens with zero attached hydrogens (tertiary/aromatic N) is 1. The van der Waals surface area contributed by atoms with Crippen molar-refractivity contribution in [3.8, 4) is 11.5 Å². The van der Waals surface area contributed by atoms with Crippen LogP contribution in [0.5, 0.6) is 11.5 Å². The Hall–Kier alpha value is -2.00. The Labute approximate surface area is 169 Å². The fraction of sp³-hybridized carbons (Fsp3) is 0.550. The van der Waals surface area contributed by atoms with Gasteiger partial charge in [-0.1, -0.05) is 0 Å². The van der Waals surface area contributed by atoms with Gasteiger partial charge >= 0.3 is 6.36 Å². The molecular weight excluding hydrogens is 405 g/mol. The van der Waals surface area contributed by atoms with Crippen molar-refractivity contribution in [3.05, 3.63) is 23.1 Å². The molecule has 4 fully saturated rings. The van der Waals surface area contributed by atoms with Crippen LogP contribution in [0, 0.1) is 5.92 Å². The highest BCUT2D eigenvalue weighted by atomic mass is 32.1. The topological polar surface area (TPSA) is 50.8 Å². The third kappa shape index (κ3) is 3.15. The molecule has 1 spiro atoms. The van der Waals surface area contributed by atoms with Crippen molar-refractivity contribution in [2.75, 3.05) is 20.2 Å². The molecule has 1 saturated carbocycles. The van der Waals surface area contributed by atoms with Gasteiger partial charge in [0.2, 0.25) is 0 Å². The maximum Gasteiger partial charge on any atom is 0.573 e. The number of halogens is 3. The second kappa shape index (κ2) is 6.50. The monoisotopic (exact) mass is 426 g/mol. The van der Waals surface area contributed by atoms with Gasteiger partial charge in [0.1, 0.15) is 0 Å². The van der Waals surface area contributed by atoms with Crippen molar-refractivity contribution in [1.82, 2.24) is 10.2 Å². The van der Waals surface area contributed by atoms with E-state index >= 15 is 0 Å². The van der Waals surface area contributed by atoms with Crippen molar-refractivity contribution in [3.63, 3.8) is 0 Å². The molecule has 9 heteroatoms. The predicted octanol–water partition coefficient (Wildman–Crippen LogP) is 4.17. The van der Waals surface area contributed by atoms with Crippen molar-refractivity contribution >= 4 is 27.3 Å². The van der Waals surface area contributed by atoms with E-state index in [1.54, 1.807) is 12.1 Å². The Morgan fingerprint density at radius 2 is 2.00 bits per heavy atom. The standard InChI is InChI=1S/C20H21F3N2O3S/c1-27-13-3-2-12-10-14(29-16(12)15(13)28-20(21,22)23)18(26)24-17-11-4-8-25(9-5-11)19(17)6-7-19/h2-3,10-11,17H,4-9H2,1H3,(H,24,26). The summed E-state index contributed by atoms with van der Waals surface area (Å²) in [5.74, 6) is -0.167. The lowest BCUT2D eigenvalue weighted by atomic mass is 9.77. The minimum atomic E-state index is -4.85. The summed E-state index contributed by atoms with van der Waals surface area (Å²) in [4.78, 5) is 15.9. The van der Waals surface area contributed by atoms with Gasteiger partial charge in [0.15, 0.2) is 11.5 Å². The maximum absolute atomic E-state index is 13.0. The lowest BCUT2D eigenvalue weighted by Crippen LogP contribution is -2.65. The molecule has 5 nitrogen and oxygen atoms in total. The summed E-state index contributed by atoms with van der Waals surface area (Å²) < 4.78 is 48.1. The second-order valence-electron chi connectivity index (χ2n) is 8.05. The molecule has 29 heavy (non-hydrogen) atoms. The van der Waals surface area contributed by atoms with Gasteiger partial charge in [-0.2, -0.15) is 0 Å². The normalized spacial score (nSPS) is 27.2. The van der Waals surface area contributed by atoms with Crippen LogP contribution < -0.4 is 14.8 Å². The number of carbonyl (C=O) groups excluding carboxylic acids is 1. The predicted molar refractivity (Wildman–Crippen MR) is 103 cm³/mol. The fourth-order valence-corrected chi connectivity index (χ4v) is 6.12. The molecule has 1 atom stereocenters. The van der Waals surface area contributed by atoms with Crippen molar-refractivity contribution < 1.29 is 27.4 Å². The van der Waals surface area contributed by atoms with Crippen LogP contribution in [0.4, 0.5) is 13.2 Å². The number of nitrogens with one attached hydrogen (secondary N) is 1. The molecule has 0 radical (unpaired) electrons. The number of methoxy groups -OCH3 is 1. The van der Waals surface area contributed by atoms with Crippen LogP contribution in [-0.4, -0.2) is 48.9 Å². The zero-order valence-electron chi connectivity index (χ0n) is 15.8. The number of benzene rings is 1. The van der Waals surface area contributed by atoms with E-state index in [0.717, 1.165) is 50.1 Å². The van der Waals surface area contributed by atoms with E-state index in [1.807, 2.05) is 0 Å². The number of rotatable bonds is 4. The molecule has 3 aliphatic heterocycles. The Bertz CT molecular complexity index is 962. The van der Waals surface area contributed by atoms with Crippen LogP contribution in [0.15, 0.2) is 18.2 Å². The lowest BCUT2D eigenvalue weighted by molar-refractivity contribution is -0.274. The van der Waals surface area contributed by atoms with E-state index in [2.05, 4.69) is 15.0 Å². The Kier molecular flexibility index (Phi) is 4.26. The minimum Gasteiger partial charge on any atom is -0.493 e. The zero-order valence-corrected chi connectivity index (χ0v) is 16.7. The number of carbonyl (C=O) groups is 1. The van der Waals surface area contributed by atoms with Crippen molar-refractivity contribution in [2.24, 2.45) is 5.92 Å². The van der Waals surface area contributed by atoms with Crippen molar-refractivity contribution in [1.29, 1.82) is 0 Å². The van der Waals surface area contributed by atoms with Gasteiger partial charge in [-0.15, -0.1) is 24.5 Å². The number of fused-ring (bicyclic) bond motifs is 3. The van der Waals surface area contributed by atoms with Crippen LogP contribution in [0.3, 0.4) is 0 Å². The van der Waals surface area contributed by atoms with Gasteiger partial charge in [0, 0.05) is 5.54 Å². The molecule has 156 valence electrons. The highest BCUT2D eigenvalue weighted by Crippen LogP contribution is 2.54. The number of piperidine rings is 3. The van der Waals surface area contributed by atoms with E-state index < -0.39 is 12.1 Å². The smallest absolute Gasteiger partial charge is 0.493 e. The Morgan fingerprint density at radius 1 is 1.28 bits per heavy atom. The number of hydrogen-bond acceptors (Lipinski definition) is 5. The van der Waals surface area contributed by atoms with Gasteiger partial charge in [-0.3, -0.25) is 9.69 Å². The van der Waals surface area contributed by atoms with Gasteiger partial charge in [0.05, 0.1) is 22.7 Å². The van der Waals surface area contributed by atoms with Gasteiger partial charge in [-0.05, 0) is 68.3 Å². The van der Waals surface area contributed by atoms with Gasteiger partial charge in [-0.25, -0.2) is 0 Å². The lowest BCUT2D eigenvalue weighted by Gasteiger charge is -2.52. The zero-order chi connectivity index (χ0) is 20.4. The molecule has 1 unspecified atom stereocenters. The van der Waals surface area contributed by atoms with Gasteiger partial charge in [0.25, 0.3) is 5.91 Å². The van der Waals surface area contributed by atoms with E-state index in [1.165, 1.54) is 13.2 Å². The molecule has 2 aromatic rings. The summed E-state index contributed by atoms with van der Waals surface area (Å²) in [6.07, 6.45) is -0.481. The molecule has 1 N–H and O–H groups in total. The number of hydrogen-bond donors (Lipinski definition) is 1. The largest absolute Gasteiger partial charge is 0.573 e. The summed E-state index contributed by atoms with van der Waals surface area (Å²) in [7, 11) is 1.29. The second-order valence-corrected chi connectivity index (χ2v) is 9.11. The van der Waals surface area contributed by atoms with Crippen LogP contribution in [0.1, 0.15) is 35.4 Å². The molecule has 1 aliphatic carbocycles. The first-order valence-electron chi connectivity index (χ1n) is 9.73. The third-order valence-electron chi connectivity index (χ3n) is 6.54. The molecule has 1 amide bonds. The maximum atomic E-state index is 13.0. The number of amides is 1. The first-order valence-corrected chi connectivity index (χ1v) is 10.5. The summed E-state index contributed by atoms with van der Waals surface area (Å²) >= 11 is 1.00. The average molecular weight is 426 g/mol. The number of thiophene rings is 1. The SMILES string of the molecule is COc1ccc2cc(C(=O)NC3C4CCN(CC4)C34CC4)sc2c1OC(F)(F)F. The van der Waals surface area contributed by atoms with Crippen LogP contribution in [0.25, 0.3) is 10.1 Å². The van der Waals surface area contributed by atoms with Crippen LogP contribution >= 0.6 is 11.3 Å². The molecule has 1 aromatic heterocycles. The molecule has 2 bridgehead atoms. The highest BCUT2D eigenvalue weighted by molar-refractivity contribution is 7.21. The summed E-state index contributed by atoms with van der Waals surface area (Å²) in [5.41, 5.74) is 0.0985. The molecule has 3 saturated heterocycles. The summed E-state index contributed by atoms with van der Waals surface area (Å²) in [6.45, 7) is 2.19. The van der Waals surface area contributed by atoms with Gasteiger partial charge < -0.3 is 14.8 Å². The quantitative estimate of drug-likeness (QED) is 0.798. The molecular formula is C20H21F3N2O3S. The number of alkyl halides is 3. The molecule has 4 aliphatic rings. The third-order valence-corrected chi connectivity index (χ3v) is 7.68. The summed E-state index contributed by atoms with van der Waals surface area (Å²) in [6, 6.07) is 4.80. The average Bonchev–Trinajstić information content (AvgIpc) is 3.33. The first-order chi connectivity index (χ1) is 13.8. The van der Waals surface area contributed by atoms with E-state index in [-0.39, 0.29) is 27.9 Å². The molecule has 6 rings (SSSR count). The van der Waals surface area contributed by atoms with E-state index in [4.69, 9.17) is 4.74 Å². The van der Waals surface area contributed by atoms with Crippen LogP contribution in [0.2, 0.25) is 0 Å². The Morgan fingerprint density at radius 3 is 2.62 bits per heavy atom. The minimum absolute atomic E-state index is 0.0158. The molecule has 1 aromatic carbocycles. The first kappa shape index (κ1) is 19.0. The van der Waals surface area contributed by atoms with E-state index in [0.29, 0.717) is 16.2 Å². The van der Waals surface area contributed by atoms with E-state index in [9.17, 15) is 18.0 Å². The van der Waals surface area contributed by atoms with Crippen LogP contribution in [-0.2, 0) is 0 Å². The fourth-order valence-electron chi connectivity index (χ4n) is 5.08. The Balaban J connectivity index is 1.45. The summed E-state index contributed by atoms with van der Waals surface area (Å²) in [5, 5.41) is 3.74. The highest BCUT2D eigenvalue weighted by Gasteiger charge is 2.60. The number of ether oxygens (including phenoxy) is 2. The van der Waals surface area contributed by atoms with Crippen molar-refractivity contribution in [2.45, 2.75) is 43.6 Å². The molecule has 4 heterocycles.